The van der Waals surface area contributed by atoms with E-state index < -0.39 is 76.9 Å². The number of halogens is 9. The summed E-state index contributed by atoms with van der Waals surface area (Å²) in [6.45, 7) is 2.08. The molecule has 3 aromatic carbocycles. The van der Waals surface area contributed by atoms with Crippen molar-refractivity contribution in [3.05, 3.63) is 95.1 Å². The number of urea groups is 2. The van der Waals surface area contributed by atoms with E-state index in [-0.39, 0.29) is 10.6 Å². The van der Waals surface area contributed by atoms with Gasteiger partial charge >= 0.3 is 30.6 Å². The Balaban J connectivity index is 1.76. The summed E-state index contributed by atoms with van der Waals surface area (Å²) in [5, 5.41) is 13.1. The fourth-order valence-corrected chi connectivity index (χ4v) is 4.79. The Morgan fingerprint density at radius 3 is 1.89 bits per heavy atom. The van der Waals surface area contributed by atoms with Gasteiger partial charge in [-0.05, 0) is 67.9 Å². The minimum absolute atomic E-state index is 0.0243. The number of hydrogen-bond donors (Lipinski definition) is 2. The Kier molecular flexibility index (Phi) is 8.28. The zero-order valence-electron chi connectivity index (χ0n) is 22.7. The molecule has 1 aliphatic heterocycles. The number of nitrogens with one attached hydrogen (secondary N) is 1. The molecule has 0 unspecified atom stereocenters. The fraction of sp³-hybridized carbons (Fsp3) is 0.286. The number of alkyl halides is 9. The average molecular weight is 634 g/mol. The fourth-order valence-electron chi connectivity index (χ4n) is 4.79. The number of nitrogens with zero attached hydrogens (tertiary/aromatic N) is 3. The normalized spacial score (nSPS) is 17.2. The molecule has 0 bridgehead atoms. The molecule has 0 aliphatic carbocycles. The minimum Gasteiger partial charge on any atom is -0.311 e. The van der Waals surface area contributed by atoms with E-state index >= 15 is 0 Å². The van der Waals surface area contributed by atoms with Gasteiger partial charge in [-0.15, -0.1) is 0 Å². The Labute approximate surface area is 244 Å². The molecule has 1 saturated heterocycles. The van der Waals surface area contributed by atoms with Gasteiger partial charge < -0.3 is 10.2 Å². The molecular formula is C28H23F9N4O3. The van der Waals surface area contributed by atoms with Crippen LogP contribution in [0.25, 0.3) is 0 Å². The molecule has 0 radical (unpaired) electrons. The molecule has 2 N–H and O–H groups in total. The lowest BCUT2D eigenvalue weighted by atomic mass is 9.98. The van der Waals surface area contributed by atoms with Gasteiger partial charge in [0, 0.05) is 17.9 Å². The highest BCUT2D eigenvalue weighted by atomic mass is 19.4. The topological polar surface area (TPSA) is 76.1 Å². The van der Waals surface area contributed by atoms with Crippen LogP contribution < -0.4 is 10.2 Å². The summed E-state index contributed by atoms with van der Waals surface area (Å²) >= 11 is 0. The van der Waals surface area contributed by atoms with Gasteiger partial charge in [-0.1, -0.05) is 24.3 Å². The monoisotopic (exact) mass is 634 g/mol. The smallest absolute Gasteiger partial charge is 0.311 e. The lowest BCUT2D eigenvalue weighted by molar-refractivity contribution is -0.138. The highest BCUT2D eigenvalue weighted by Gasteiger charge is 2.56. The van der Waals surface area contributed by atoms with E-state index in [1.165, 1.54) is 19.9 Å². The molecule has 1 fully saturated rings. The van der Waals surface area contributed by atoms with Crippen molar-refractivity contribution < 1.29 is 54.3 Å². The predicted molar refractivity (Wildman–Crippen MR) is 138 cm³/mol. The van der Waals surface area contributed by atoms with Gasteiger partial charge in [0.25, 0.3) is 0 Å². The largest absolute Gasteiger partial charge is 0.416 e. The second-order valence-electron chi connectivity index (χ2n) is 10.4. The van der Waals surface area contributed by atoms with Gasteiger partial charge in [-0.2, -0.15) is 44.6 Å². The van der Waals surface area contributed by atoms with Gasteiger partial charge in [0.15, 0.2) is 6.17 Å². The van der Waals surface area contributed by atoms with Crippen molar-refractivity contribution >= 4 is 23.4 Å². The van der Waals surface area contributed by atoms with Crippen molar-refractivity contribution in [2.75, 3.05) is 10.2 Å². The molecular weight excluding hydrogens is 611 g/mol. The molecule has 4 rings (SSSR count). The van der Waals surface area contributed by atoms with Crippen LogP contribution in [0, 0.1) is 0 Å². The Morgan fingerprint density at radius 1 is 0.818 bits per heavy atom. The molecule has 1 aliphatic rings. The van der Waals surface area contributed by atoms with Crippen LogP contribution in [0.4, 0.5) is 60.5 Å². The van der Waals surface area contributed by atoms with Gasteiger partial charge in [0.2, 0.25) is 0 Å². The zero-order valence-corrected chi connectivity index (χ0v) is 22.7. The van der Waals surface area contributed by atoms with Crippen molar-refractivity contribution in [2.45, 2.75) is 50.6 Å². The van der Waals surface area contributed by atoms with Crippen LogP contribution in [0.15, 0.2) is 72.8 Å². The average Bonchev–Trinajstić information content (AvgIpc) is 3.12. The van der Waals surface area contributed by atoms with Gasteiger partial charge in [-0.25, -0.2) is 9.59 Å². The van der Waals surface area contributed by atoms with Gasteiger partial charge in [0.1, 0.15) is 0 Å². The highest BCUT2D eigenvalue weighted by Crippen LogP contribution is 2.41. The maximum Gasteiger partial charge on any atom is 0.416 e. The predicted octanol–water partition coefficient (Wildman–Crippen LogP) is 8.21. The summed E-state index contributed by atoms with van der Waals surface area (Å²) in [6.07, 6.45) is -16.2. The number of carbonyl (C=O) groups is 2. The number of hydroxylamine groups is 2. The van der Waals surface area contributed by atoms with Crippen LogP contribution in [0.1, 0.15) is 36.1 Å². The molecule has 1 atom stereocenters. The molecule has 3 aromatic rings. The lowest BCUT2D eigenvalue weighted by Crippen LogP contribution is -2.58. The van der Waals surface area contributed by atoms with Crippen molar-refractivity contribution in [3.63, 3.8) is 0 Å². The third-order valence-electron chi connectivity index (χ3n) is 6.94. The van der Waals surface area contributed by atoms with Crippen LogP contribution in [0.5, 0.6) is 0 Å². The Hall–Kier alpha value is -4.47. The first kappa shape index (κ1) is 32.4. The number of amides is 4. The van der Waals surface area contributed by atoms with E-state index in [2.05, 4.69) is 5.32 Å². The third kappa shape index (κ3) is 6.54. The molecule has 44 heavy (non-hydrogen) atoms. The van der Waals surface area contributed by atoms with Crippen LogP contribution in [-0.2, 0) is 25.1 Å². The first-order chi connectivity index (χ1) is 20.2. The SMILES string of the molecule is CC1(C)[C@@H](N(O)C(=O)Nc2cccc(C(F)(F)F)c2)N(c2cccc(C(F)(F)F)c2)C(=O)N1Cc1cccc(C(F)(F)F)c1. The number of hydrogen-bond acceptors (Lipinski definition) is 3. The molecule has 236 valence electrons. The van der Waals surface area contributed by atoms with E-state index in [0.29, 0.717) is 23.1 Å². The summed E-state index contributed by atoms with van der Waals surface area (Å²) < 4.78 is 120. The summed E-state index contributed by atoms with van der Waals surface area (Å²) in [7, 11) is 0. The molecule has 16 heteroatoms. The Bertz CT molecular complexity index is 1550. The number of benzene rings is 3. The van der Waals surface area contributed by atoms with Gasteiger partial charge in [-0.3, -0.25) is 10.1 Å². The lowest BCUT2D eigenvalue weighted by Gasteiger charge is -2.38. The van der Waals surface area contributed by atoms with Crippen molar-refractivity contribution in [1.82, 2.24) is 9.96 Å². The van der Waals surface area contributed by atoms with E-state index in [9.17, 15) is 54.3 Å². The maximum absolute atomic E-state index is 13.8. The first-order valence-electron chi connectivity index (χ1n) is 12.6. The number of anilines is 2. The summed E-state index contributed by atoms with van der Waals surface area (Å²) in [4.78, 5) is 28.5. The van der Waals surface area contributed by atoms with Crippen LogP contribution in [0.2, 0.25) is 0 Å². The quantitative estimate of drug-likeness (QED) is 0.169. The molecule has 4 amide bonds. The van der Waals surface area contributed by atoms with E-state index in [1.54, 1.807) is 0 Å². The van der Waals surface area contributed by atoms with E-state index in [4.69, 9.17) is 0 Å². The summed E-state index contributed by atoms with van der Waals surface area (Å²) in [5.41, 5.74) is -5.92. The number of rotatable bonds is 5. The minimum atomic E-state index is -4.86. The maximum atomic E-state index is 13.8. The second kappa shape index (κ2) is 11.2. The van der Waals surface area contributed by atoms with Crippen LogP contribution in [-0.4, -0.2) is 38.9 Å². The Morgan fingerprint density at radius 2 is 1.32 bits per heavy atom. The number of carbonyl (C=O) groups excluding carboxylic acids is 2. The molecule has 7 nitrogen and oxygen atoms in total. The van der Waals surface area contributed by atoms with Crippen molar-refractivity contribution in [3.8, 4) is 0 Å². The molecule has 0 spiro atoms. The molecule has 1 heterocycles. The summed E-state index contributed by atoms with van der Waals surface area (Å²) in [6, 6.07) is 8.10. The van der Waals surface area contributed by atoms with E-state index in [1.807, 2.05) is 0 Å². The van der Waals surface area contributed by atoms with E-state index in [0.717, 1.165) is 53.4 Å². The second-order valence-corrected chi connectivity index (χ2v) is 10.4. The van der Waals surface area contributed by atoms with Crippen molar-refractivity contribution in [2.24, 2.45) is 0 Å². The van der Waals surface area contributed by atoms with Crippen LogP contribution in [0.3, 0.4) is 0 Å². The zero-order chi connectivity index (χ0) is 32.8. The highest BCUT2D eigenvalue weighted by molar-refractivity contribution is 5.98. The standard InChI is InChI=1S/C28H23F9N4O3/c1-25(2)22(41(44)23(42)38-20-10-4-8-18(13-20)27(32,33)34)40(21-11-5-9-19(14-21)28(35,36)37)24(43)39(25)15-16-6-3-7-17(12-16)26(29,30)31/h3-14,22,44H,15H2,1-2H3,(H,38,42)/t22-/m1/s1. The third-order valence-corrected chi connectivity index (χ3v) is 6.94. The van der Waals surface area contributed by atoms with Crippen LogP contribution >= 0.6 is 0 Å². The summed E-state index contributed by atoms with van der Waals surface area (Å²) in [5.74, 6) is 0. The van der Waals surface area contributed by atoms with Gasteiger partial charge in [0.05, 0.1) is 22.2 Å². The van der Waals surface area contributed by atoms with Crippen molar-refractivity contribution in [1.29, 1.82) is 0 Å². The first-order valence-corrected chi connectivity index (χ1v) is 12.6. The molecule has 0 saturated carbocycles. The molecule has 0 aromatic heterocycles.